The zero-order valence-corrected chi connectivity index (χ0v) is 11.7. The smallest absolute Gasteiger partial charge is 0.119 e. The van der Waals surface area contributed by atoms with E-state index in [2.05, 4.69) is 17.4 Å². The van der Waals surface area contributed by atoms with E-state index < -0.39 is 0 Å². The first-order chi connectivity index (χ1) is 9.08. The maximum absolute atomic E-state index is 9.49. The number of thioether (sulfide) groups is 1. The summed E-state index contributed by atoms with van der Waals surface area (Å²) in [5.41, 5.74) is 1.85. The van der Waals surface area contributed by atoms with E-state index in [4.69, 9.17) is 0 Å². The fourth-order valence-electron chi connectivity index (χ4n) is 1.89. The topological polar surface area (TPSA) is 52.5 Å². The Morgan fingerprint density at radius 3 is 2.11 bits per heavy atom. The van der Waals surface area contributed by atoms with Crippen LogP contribution in [0.25, 0.3) is 0 Å². The molecule has 1 unspecified atom stereocenters. The van der Waals surface area contributed by atoms with E-state index in [1.54, 1.807) is 23.9 Å². The van der Waals surface area contributed by atoms with Crippen LogP contribution in [-0.2, 0) is 0 Å². The van der Waals surface area contributed by atoms with Crippen molar-refractivity contribution in [2.45, 2.75) is 17.9 Å². The molecule has 2 aromatic rings. The lowest BCUT2D eigenvalue weighted by molar-refractivity contribution is 0.448. The first kappa shape index (κ1) is 13.6. The lowest BCUT2D eigenvalue weighted by atomic mass is 10.1. The Bertz CT molecular complexity index is 534. The van der Waals surface area contributed by atoms with Crippen molar-refractivity contribution in [1.82, 2.24) is 0 Å². The summed E-state index contributed by atoms with van der Waals surface area (Å²) in [7, 11) is 0. The van der Waals surface area contributed by atoms with Gasteiger partial charge >= 0.3 is 0 Å². The zero-order valence-electron chi connectivity index (χ0n) is 10.9. The van der Waals surface area contributed by atoms with E-state index in [9.17, 15) is 10.2 Å². The summed E-state index contributed by atoms with van der Waals surface area (Å²) in [5.74, 6) is 0.141. The van der Waals surface area contributed by atoms with Gasteiger partial charge in [0.2, 0.25) is 0 Å². The number of anilines is 1. The van der Waals surface area contributed by atoms with Crippen molar-refractivity contribution in [3.63, 3.8) is 0 Å². The molecular formula is C15H17NO2S. The van der Waals surface area contributed by atoms with Crippen molar-refractivity contribution in [1.29, 1.82) is 0 Å². The Labute approximate surface area is 117 Å². The Balaban J connectivity index is 2.13. The van der Waals surface area contributed by atoms with Crippen molar-refractivity contribution in [2.24, 2.45) is 0 Å². The molecule has 19 heavy (non-hydrogen) atoms. The molecule has 0 fully saturated rings. The second-order valence-electron chi connectivity index (χ2n) is 4.38. The molecule has 4 heteroatoms. The van der Waals surface area contributed by atoms with E-state index in [1.165, 1.54) is 11.0 Å². The molecule has 0 saturated heterocycles. The van der Waals surface area contributed by atoms with Gasteiger partial charge in [-0.3, -0.25) is 0 Å². The van der Waals surface area contributed by atoms with Gasteiger partial charge in [-0.1, -0.05) is 0 Å². The Kier molecular flexibility index (Phi) is 4.22. The molecule has 0 aliphatic heterocycles. The lowest BCUT2D eigenvalue weighted by Crippen LogP contribution is -2.06. The number of aromatic hydroxyl groups is 2. The first-order valence-electron chi connectivity index (χ1n) is 6.02. The standard InChI is InChI=1S/C15H17NO2S/c1-10(11-7-13(17)9-14(18)8-11)16-12-3-5-15(19-2)6-4-12/h3-10,16-18H,1-2H3. The fourth-order valence-corrected chi connectivity index (χ4v) is 2.30. The summed E-state index contributed by atoms with van der Waals surface area (Å²) in [6, 6.07) is 12.8. The quantitative estimate of drug-likeness (QED) is 0.738. The average Bonchev–Trinajstić information content (AvgIpc) is 2.38. The minimum Gasteiger partial charge on any atom is -0.508 e. The van der Waals surface area contributed by atoms with Crippen LogP contribution in [-0.4, -0.2) is 16.5 Å². The number of phenols is 2. The maximum atomic E-state index is 9.49. The third kappa shape index (κ3) is 3.58. The van der Waals surface area contributed by atoms with Crippen LogP contribution < -0.4 is 5.32 Å². The molecule has 0 radical (unpaired) electrons. The SMILES string of the molecule is CSc1ccc(NC(C)c2cc(O)cc(O)c2)cc1. The molecule has 0 aromatic heterocycles. The number of rotatable bonds is 4. The van der Waals surface area contributed by atoms with Gasteiger partial charge in [-0.15, -0.1) is 11.8 Å². The molecule has 0 spiro atoms. The van der Waals surface area contributed by atoms with Crippen LogP contribution in [0.1, 0.15) is 18.5 Å². The molecule has 2 aromatic carbocycles. The van der Waals surface area contributed by atoms with Crippen molar-refractivity contribution >= 4 is 17.4 Å². The van der Waals surface area contributed by atoms with Gasteiger partial charge in [0.05, 0.1) is 0 Å². The predicted octanol–water partition coefficient (Wildman–Crippen LogP) is 3.99. The normalized spacial score (nSPS) is 12.1. The minimum atomic E-state index is -0.00173. The van der Waals surface area contributed by atoms with Gasteiger partial charge in [-0.05, 0) is 55.1 Å². The lowest BCUT2D eigenvalue weighted by Gasteiger charge is -2.16. The first-order valence-corrected chi connectivity index (χ1v) is 7.24. The second kappa shape index (κ2) is 5.89. The molecule has 0 aliphatic carbocycles. The molecule has 100 valence electrons. The number of hydrogen-bond acceptors (Lipinski definition) is 4. The highest BCUT2D eigenvalue weighted by atomic mass is 32.2. The number of benzene rings is 2. The van der Waals surface area contributed by atoms with Gasteiger partial charge in [0.25, 0.3) is 0 Å². The molecule has 0 saturated carbocycles. The molecule has 3 nitrogen and oxygen atoms in total. The highest BCUT2D eigenvalue weighted by Crippen LogP contribution is 2.27. The maximum Gasteiger partial charge on any atom is 0.119 e. The molecule has 0 heterocycles. The second-order valence-corrected chi connectivity index (χ2v) is 5.26. The molecule has 0 amide bonds. The molecule has 1 atom stereocenters. The van der Waals surface area contributed by atoms with Gasteiger partial charge in [0.15, 0.2) is 0 Å². The number of hydrogen-bond donors (Lipinski definition) is 3. The summed E-state index contributed by atoms with van der Waals surface area (Å²) >= 11 is 1.70. The van der Waals surface area contributed by atoms with Crippen LogP contribution in [0.15, 0.2) is 47.4 Å². The van der Waals surface area contributed by atoms with Crippen LogP contribution in [0.4, 0.5) is 5.69 Å². The van der Waals surface area contributed by atoms with Crippen LogP contribution in [0.3, 0.4) is 0 Å². The number of phenolic OH excluding ortho intramolecular Hbond substituents is 2. The van der Waals surface area contributed by atoms with Crippen molar-refractivity contribution in [3.05, 3.63) is 48.0 Å². The van der Waals surface area contributed by atoms with Crippen molar-refractivity contribution < 1.29 is 10.2 Å². The highest BCUT2D eigenvalue weighted by molar-refractivity contribution is 7.98. The third-order valence-corrected chi connectivity index (χ3v) is 3.64. The molecule has 2 rings (SSSR count). The fraction of sp³-hybridized carbons (Fsp3) is 0.200. The minimum absolute atomic E-state index is 0.00173. The van der Waals surface area contributed by atoms with E-state index in [1.807, 2.05) is 25.3 Å². The van der Waals surface area contributed by atoms with Crippen LogP contribution in [0.5, 0.6) is 11.5 Å². The van der Waals surface area contributed by atoms with Gasteiger partial charge < -0.3 is 15.5 Å². The van der Waals surface area contributed by atoms with Gasteiger partial charge in [0.1, 0.15) is 11.5 Å². The highest BCUT2D eigenvalue weighted by Gasteiger charge is 2.08. The van der Waals surface area contributed by atoms with E-state index in [-0.39, 0.29) is 17.5 Å². The van der Waals surface area contributed by atoms with Gasteiger partial charge in [0, 0.05) is 22.7 Å². The Hall–Kier alpha value is -1.81. The summed E-state index contributed by atoms with van der Waals surface area (Å²) in [6.45, 7) is 1.98. The number of nitrogens with one attached hydrogen (secondary N) is 1. The van der Waals surface area contributed by atoms with Crippen LogP contribution in [0.2, 0.25) is 0 Å². The molecule has 0 bridgehead atoms. The summed E-state index contributed by atoms with van der Waals surface area (Å²) < 4.78 is 0. The predicted molar refractivity (Wildman–Crippen MR) is 80.0 cm³/mol. The Morgan fingerprint density at radius 2 is 1.58 bits per heavy atom. The monoisotopic (exact) mass is 275 g/mol. The van der Waals surface area contributed by atoms with Crippen molar-refractivity contribution in [3.8, 4) is 11.5 Å². The van der Waals surface area contributed by atoms with E-state index in [0.29, 0.717) is 0 Å². The van der Waals surface area contributed by atoms with Crippen LogP contribution >= 0.6 is 11.8 Å². The summed E-state index contributed by atoms with van der Waals surface area (Å²) in [4.78, 5) is 1.22. The largest absolute Gasteiger partial charge is 0.508 e. The average molecular weight is 275 g/mol. The van der Waals surface area contributed by atoms with E-state index in [0.717, 1.165) is 11.3 Å². The molecular weight excluding hydrogens is 258 g/mol. The van der Waals surface area contributed by atoms with Gasteiger partial charge in [-0.25, -0.2) is 0 Å². The third-order valence-electron chi connectivity index (χ3n) is 2.90. The van der Waals surface area contributed by atoms with E-state index >= 15 is 0 Å². The summed E-state index contributed by atoms with van der Waals surface area (Å²) in [5, 5.41) is 22.3. The van der Waals surface area contributed by atoms with Gasteiger partial charge in [-0.2, -0.15) is 0 Å². The Morgan fingerprint density at radius 1 is 1.00 bits per heavy atom. The van der Waals surface area contributed by atoms with Crippen molar-refractivity contribution in [2.75, 3.05) is 11.6 Å². The zero-order chi connectivity index (χ0) is 13.8. The molecule has 0 aliphatic rings. The van der Waals surface area contributed by atoms with Crippen LogP contribution in [0, 0.1) is 0 Å². The summed E-state index contributed by atoms with van der Waals surface area (Å²) in [6.07, 6.45) is 2.04. The molecule has 3 N–H and O–H groups in total.